The maximum Gasteiger partial charge on any atom is 0.0343 e. The van der Waals surface area contributed by atoms with Gasteiger partial charge in [-0.2, -0.15) is 0 Å². The predicted octanol–water partition coefficient (Wildman–Crippen LogP) is 4.89. The molecule has 0 saturated carbocycles. The Morgan fingerprint density at radius 2 is 0.944 bits per heavy atom. The van der Waals surface area contributed by atoms with Gasteiger partial charge in [-0.25, -0.2) is 0 Å². The summed E-state index contributed by atoms with van der Waals surface area (Å²) in [4.78, 5) is 0. The van der Waals surface area contributed by atoms with Crippen molar-refractivity contribution in [3.63, 3.8) is 0 Å². The largest absolute Gasteiger partial charge is 0.382 e. The molecule has 1 aromatic rings. The number of nitrogens with one attached hydrogen (secondary N) is 2. The highest BCUT2D eigenvalue weighted by atomic mass is 14.9. The first-order valence-corrected chi connectivity index (χ1v) is 7.36. The maximum absolute atomic E-state index is 3.56. The number of hydrogen-bond acceptors (Lipinski definition) is 2. The number of anilines is 2. The second kappa shape index (κ2) is 8.02. The van der Waals surface area contributed by atoms with Crippen molar-refractivity contribution in [1.82, 2.24) is 0 Å². The van der Waals surface area contributed by atoms with Gasteiger partial charge in [0.15, 0.2) is 0 Å². The molecule has 1 rings (SSSR count). The molecule has 0 unspecified atom stereocenters. The Hall–Kier alpha value is -1.18. The van der Waals surface area contributed by atoms with Gasteiger partial charge >= 0.3 is 0 Å². The summed E-state index contributed by atoms with van der Waals surface area (Å²) in [5.41, 5.74) is 2.44. The van der Waals surface area contributed by atoms with Crippen molar-refractivity contribution in [1.29, 1.82) is 0 Å². The monoisotopic (exact) mass is 248 g/mol. The van der Waals surface area contributed by atoms with E-state index >= 15 is 0 Å². The van der Waals surface area contributed by atoms with E-state index in [0.29, 0.717) is 12.1 Å². The van der Waals surface area contributed by atoms with Gasteiger partial charge in [0.05, 0.1) is 0 Å². The second-order valence-corrected chi connectivity index (χ2v) is 4.89. The molecule has 102 valence electrons. The van der Waals surface area contributed by atoms with Gasteiger partial charge in [-0.1, -0.05) is 27.7 Å². The van der Waals surface area contributed by atoms with Crippen LogP contribution < -0.4 is 10.6 Å². The summed E-state index contributed by atoms with van der Waals surface area (Å²) in [5.74, 6) is 0. The quantitative estimate of drug-likeness (QED) is 0.684. The zero-order chi connectivity index (χ0) is 13.4. The molecule has 2 heteroatoms. The van der Waals surface area contributed by atoms with Crippen LogP contribution >= 0.6 is 0 Å². The minimum absolute atomic E-state index is 0.586. The molecule has 0 atom stereocenters. The lowest BCUT2D eigenvalue weighted by atomic mass is 10.1. The fourth-order valence-electron chi connectivity index (χ4n) is 2.12. The zero-order valence-electron chi connectivity index (χ0n) is 12.3. The van der Waals surface area contributed by atoms with E-state index in [1.807, 2.05) is 0 Å². The molecular formula is C16H28N2. The smallest absolute Gasteiger partial charge is 0.0343 e. The van der Waals surface area contributed by atoms with Crippen LogP contribution in [0.4, 0.5) is 11.4 Å². The highest BCUT2D eigenvalue weighted by molar-refractivity contribution is 5.54. The molecule has 0 aliphatic heterocycles. The van der Waals surface area contributed by atoms with Crippen LogP contribution in [0.25, 0.3) is 0 Å². The van der Waals surface area contributed by atoms with Crippen LogP contribution in [0.5, 0.6) is 0 Å². The predicted molar refractivity (Wildman–Crippen MR) is 82.4 cm³/mol. The van der Waals surface area contributed by atoms with E-state index in [2.05, 4.69) is 62.6 Å². The van der Waals surface area contributed by atoms with Crippen LogP contribution in [0, 0.1) is 0 Å². The Labute approximate surface area is 112 Å². The summed E-state index contributed by atoms with van der Waals surface area (Å²) >= 11 is 0. The fraction of sp³-hybridized carbons (Fsp3) is 0.625. The van der Waals surface area contributed by atoms with Gasteiger partial charge < -0.3 is 10.6 Å². The lowest BCUT2D eigenvalue weighted by Gasteiger charge is -2.18. The van der Waals surface area contributed by atoms with E-state index in [-0.39, 0.29) is 0 Å². The van der Waals surface area contributed by atoms with Crippen LogP contribution in [0.3, 0.4) is 0 Å². The van der Waals surface area contributed by atoms with Crippen molar-refractivity contribution in [3.8, 4) is 0 Å². The van der Waals surface area contributed by atoms with Crippen LogP contribution in [0.2, 0.25) is 0 Å². The van der Waals surface area contributed by atoms with Gasteiger partial charge in [0.2, 0.25) is 0 Å². The third-order valence-electron chi connectivity index (χ3n) is 3.60. The van der Waals surface area contributed by atoms with Gasteiger partial charge in [-0.3, -0.25) is 0 Å². The van der Waals surface area contributed by atoms with Crippen molar-refractivity contribution in [3.05, 3.63) is 24.3 Å². The minimum Gasteiger partial charge on any atom is -0.382 e. The van der Waals surface area contributed by atoms with Crippen molar-refractivity contribution in [2.75, 3.05) is 10.6 Å². The van der Waals surface area contributed by atoms with Gasteiger partial charge in [-0.05, 0) is 49.9 Å². The summed E-state index contributed by atoms with van der Waals surface area (Å²) in [6.07, 6.45) is 4.68. The summed E-state index contributed by atoms with van der Waals surface area (Å²) in [6.45, 7) is 8.91. The average Bonchev–Trinajstić information content (AvgIpc) is 2.43. The topological polar surface area (TPSA) is 24.1 Å². The molecule has 0 aliphatic carbocycles. The standard InChI is InChI=1S/C16H28N2/c1-5-13(6-2)17-15-9-11-16(12-10-15)18-14(7-3)8-4/h9-14,17-18H,5-8H2,1-4H3. The lowest BCUT2D eigenvalue weighted by Crippen LogP contribution is -2.18. The van der Waals surface area contributed by atoms with Crippen molar-refractivity contribution in [2.24, 2.45) is 0 Å². The summed E-state index contributed by atoms with van der Waals surface area (Å²) in [6, 6.07) is 9.85. The summed E-state index contributed by atoms with van der Waals surface area (Å²) in [5, 5.41) is 7.12. The molecule has 0 aromatic heterocycles. The highest BCUT2D eigenvalue weighted by Gasteiger charge is 2.04. The summed E-state index contributed by atoms with van der Waals surface area (Å²) < 4.78 is 0. The molecule has 2 nitrogen and oxygen atoms in total. The van der Waals surface area contributed by atoms with Gasteiger partial charge in [0.1, 0.15) is 0 Å². The molecule has 0 heterocycles. The molecule has 1 aromatic carbocycles. The molecule has 2 N–H and O–H groups in total. The normalized spacial score (nSPS) is 11.0. The fourth-order valence-corrected chi connectivity index (χ4v) is 2.12. The Balaban J connectivity index is 2.56. The Kier molecular flexibility index (Phi) is 6.63. The van der Waals surface area contributed by atoms with Crippen molar-refractivity contribution >= 4 is 11.4 Å². The number of rotatable bonds is 8. The molecule has 0 bridgehead atoms. The van der Waals surface area contributed by atoms with E-state index in [9.17, 15) is 0 Å². The third kappa shape index (κ3) is 4.59. The van der Waals surface area contributed by atoms with E-state index in [1.54, 1.807) is 0 Å². The SMILES string of the molecule is CCC(CC)Nc1ccc(NC(CC)CC)cc1. The molecule has 0 amide bonds. The van der Waals surface area contributed by atoms with Crippen molar-refractivity contribution < 1.29 is 0 Å². The van der Waals surface area contributed by atoms with Gasteiger partial charge in [-0.15, -0.1) is 0 Å². The third-order valence-corrected chi connectivity index (χ3v) is 3.60. The average molecular weight is 248 g/mol. The lowest BCUT2D eigenvalue weighted by molar-refractivity contribution is 0.670. The first-order chi connectivity index (χ1) is 8.73. The first kappa shape index (κ1) is 14.9. The molecule has 0 fully saturated rings. The maximum atomic E-state index is 3.56. The Morgan fingerprint density at radius 1 is 0.667 bits per heavy atom. The van der Waals surface area contributed by atoms with Crippen LogP contribution in [-0.2, 0) is 0 Å². The molecule has 0 radical (unpaired) electrons. The highest BCUT2D eigenvalue weighted by Crippen LogP contribution is 2.17. The van der Waals surface area contributed by atoms with Crippen molar-refractivity contribution in [2.45, 2.75) is 65.5 Å². The Morgan fingerprint density at radius 3 is 1.17 bits per heavy atom. The number of hydrogen-bond donors (Lipinski definition) is 2. The number of benzene rings is 1. The van der Waals surface area contributed by atoms with E-state index in [1.165, 1.54) is 37.1 Å². The molecule has 18 heavy (non-hydrogen) atoms. The molecule has 0 aliphatic rings. The van der Waals surface area contributed by atoms with E-state index < -0.39 is 0 Å². The van der Waals surface area contributed by atoms with Gasteiger partial charge in [0.25, 0.3) is 0 Å². The molecule has 0 spiro atoms. The zero-order valence-corrected chi connectivity index (χ0v) is 12.3. The minimum atomic E-state index is 0.586. The van der Waals surface area contributed by atoms with Crippen LogP contribution in [0.15, 0.2) is 24.3 Å². The van der Waals surface area contributed by atoms with Gasteiger partial charge in [0, 0.05) is 23.5 Å². The Bertz CT molecular complexity index is 277. The first-order valence-electron chi connectivity index (χ1n) is 7.36. The van der Waals surface area contributed by atoms with Crippen LogP contribution in [0.1, 0.15) is 53.4 Å². The molecule has 0 saturated heterocycles. The van der Waals surface area contributed by atoms with Crippen LogP contribution in [-0.4, -0.2) is 12.1 Å². The van der Waals surface area contributed by atoms with E-state index in [0.717, 1.165) is 0 Å². The molecular weight excluding hydrogens is 220 g/mol. The summed E-state index contributed by atoms with van der Waals surface area (Å²) in [7, 11) is 0. The second-order valence-electron chi connectivity index (χ2n) is 4.89. The van der Waals surface area contributed by atoms with E-state index in [4.69, 9.17) is 0 Å².